The summed E-state index contributed by atoms with van der Waals surface area (Å²) in [5.74, 6) is 0. The Balaban J connectivity index is 0. The fourth-order valence-electron chi connectivity index (χ4n) is 0. The Labute approximate surface area is 61.8 Å². The van der Waals surface area contributed by atoms with E-state index >= 15 is 0 Å². The van der Waals surface area contributed by atoms with E-state index in [-0.39, 0.29) is 0 Å². The molecule has 0 amide bonds. The van der Waals surface area contributed by atoms with Crippen LogP contribution in [-0.2, 0) is 0 Å². The van der Waals surface area contributed by atoms with Gasteiger partial charge in [0, 0.05) is 0 Å². The fraction of sp³-hybridized carbons (Fsp3) is 1.00. The van der Waals surface area contributed by atoms with Crippen molar-refractivity contribution in [2.45, 2.75) is 10.6 Å². The van der Waals surface area contributed by atoms with Crippen LogP contribution in [0.5, 0.6) is 0 Å². The zero-order valence-corrected chi connectivity index (χ0v) is 7.39. The van der Waals surface area contributed by atoms with E-state index in [1.807, 2.05) is 0 Å². The third kappa shape index (κ3) is 120. The first-order chi connectivity index (χ1) is 3.15. The summed E-state index contributed by atoms with van der Waals surface area (Å²) >= 11 is 1.37. The normalized spacial score (nSPS) is 7.86. The van der Waals surface area contributed by atoms with Gasteiger partial charge in [-0.15, -0.1) is 0 Å². The van der Waals surface area contributed by atoms with E-state index in [1.165, 1.54) is 31.6 Å². The van der Waals surface area contributed by atoms with E-state index in [0.717, 1.165) is 0 Å². The van der Waals surface area contributed by atoms with Crippen LogP contribution < -0.4 is 0 Å². The maximum absolute atomic E-state index is 7.23. The molecule has 40 valence electrons. The molecule has 0 fully saturated rings. The van der Waals surface area contributed by atoms with Crippen molar-refractivity contribution >= 4 is 36.5 Å². The Kier molecular flexibility index (Phi) is 16.4. The fourth-order valence-corrected chi connectivity index (χ4v) is 0. The van der Waals surface area contributed by atoms with Crippen molar-refractivity contribution in [1.82, 2.24) is 0 Å². The predicted octanol–water partition coefficient (Wildman–Crippen LogP) is -0.217. The van der Waals surface area contributed by atoms with Crippen LogP contribution in [0.25, 0.3) is 0 Å². The van der Waals surface area contributed by atoms with E-state index in [4.69, 9.17) is 14.7 Å². The van der Waals surface area contributed by atoms with E-state index < -0.39 is 8.60 Å². The van der Waals surface area contributed by atoms with E-state index in [2.05, 4.69) is 6.92 Å². The summed E-state index contributed by atoms with van der Waals surface area (Å²) < 4.78 is 1.39. The molecule has 0 saturated heterocycles. The number of rotatable bonds is 0. The summed E-state index contributed by atoms with van der Waals surface area (Å²) in [4.78, 5) is 21.7. The smallest absolute Gasteiger partial charge is 0.324 e. The Morgan fingerprint density at radius 1 is 1.43 bits per heavy atom. The quantitative estimate of drug-likeness (QED) is 0.317. The molecule has 0 atom stereocenters. The molecule has 5 heteroatoms. The summed E-state index contributed by atoms with van der Waals surface area (Å²) in [5.41, 5.74) is 0. The van der Waals surface area contributed by atoms with Gasteiger partial charge in [-0.05, 0) is 0 Å². The van der Waals surface area contributed by atoms with Gasteiger partial charge in [0.05, 0.1) is 0 Å². The molecule has 0 aromatic heterocycles. The molecule has 0 radical (unpaired) electrons. The Hall–Kier alpha value is 1.31. The average molecular weight is 134 g/mol. The van der Waals surface area contributed by atoms with Crippen molar-refractivity contribution < 1.29 is 14.7 Å². The van der Waals surface area contributed by atoms with Gasteiger partial charge in [0.25, 0.3) is 0 Å². The minimum absolute atomic E-state index is 1.37. The van der Waals surface area contributed by atoms with E-state index in [0.29, 0.717) is 0 Å². The van der Waals surface area contributed by atoms with Gasteiger partial charge in [-0.25, -0.2) is 0 Å². The molecular formula is C2H8NaO3P. The molecule has 0 aliphatic carbocycles. The Morgan fingerprint density at radius 2 is 1.43 bits per heavy atom. The second kappa shape index (κ2) is 10.3. The van der Waals surface area contributed by atoms with E-state index in [9.17, 15) is 0 Å². The molecule has 0 spiro atoms. The van der Waals surface area contributed by atoms with Crippen LogP contribution in [0.4, 0.5) is 0 Å². The molecule has 0 unspecified atom stereocenters. The van der Waals surface area contributed by atoms with Gasteiger partial charge in [-0.2, -0.15) is 0 Å². The summed E-state index contributed by atoms with van der Waals surface area (Å²) in [5, 5.41) is 0. The molecule has 0 heterocycles. The third-order valence-electron chi connectivity index (χ3n) is 0. The summed E-state index contributed by atoms with van der Waals surface area (Å²) in [7, 11) is -2.62. The second-order valence-electron chi connectivity index (χ2n) is 0.975. The van der Waals surface area contributed by atoms with Gasteiger partial charge in [0.2, 0.25) is 0 Å². The van der Waals surface area contributed by atoms with Crippen LogP contribution in [0.2, 0.25) is 3.67 Å². The Morgan fingerprint density at radius 3 is 1.43 bits per heavy atom. The molecule has 0 bridgehead atoms. The number of hydrogen-bond donors (Lipinski definition) is 3. The molecule has 0 rings (SSSR count). The van der Waals surface area contributed by atoms with Crippen LogP contribution in [0.1, 0.15) is 6.92 Å². The topological polar surface area (TPSA) is 60.7 Å². The standard InChI is InChI=1S/C2H5.Na.H3O3P/c1-2;;1-4(2)3/h1H2,2H3;;1-3H. The van der Waals surface area contributed by atoms with Crippen LogP contribution in [0.15, 0.2) is 0 Å². The van der Waals surface area contributed by atoms with Crippen LogP contribution in [-0.4, -0.2) is 42.6 Å². The van der Waals surface area contributed by atoms with Crippen molar-refractivity contribution in [2.24, 2.45) is 0 Å². The minimum atomic E-state index is -2.62. The van der Waals surface area contributed by atoms with Crippen molar-refractivity contribution in [2.75, 3.05) is 0 Å². The first kappa shape index (κ1) is 11.2. The first-order valence-corrected chi connectivity index (χ1v) is 4.63. The third-order valence-corrected chi connectivity index (χ3v) is 0. The van der Waals surface area contributed by atoms with Crippen LogP contribution in [0, 0.1) is 0 Å². The van der Waals surface area contributed by atoms with Gasteiger partial charge < -0.3 is 14.7 Å². The monoisotopic (exact) mass is 134 g/mol. The summed E-state index contributed by atoms with van der Waals surface area (Å²) in [6.45, 7) is 2.19. The molecule has 3 nitrogen and oxygen atoms in total. The van der Waals surface area contributed by atoms with Crippen molar-refractivity contribution in [3.63, 3.8) is 0 Å². The van der Waals surface area contributed by atoms with Gasteiger partial charge >= 0.3 is 47.1 Å². The molecule has 0 saturated carbocycles. The molecule has 0 aromatic carbocycles. The van der Waals surface area contributed by atoms with Crippen molar-refractivity contribution in [3.8, 4) is 0 Å². The number of hydrogen-bond acceptors (Lipinski definition) is 3. The maximum atomic E-state index is 7.23. The van der Waals surface area contributed by atoms with Gasteiger partial charge in [0.1, 0.15) is 0 Å². The molecule has 0 aliphatic heterocycles. The first-order valence-electron chi connectivity index (χ1n) is 2.01. The van der Waals surface area contributed by atoms with Crippen LogP contribution >= 0.6 is 8.60 Å². The summed E-state index contributed by atoms with van der Waals surface area (Å²) in [6.07, 6.45) is 0. The zero-order valence-electron chi connectivity index (χ0n) is 4.50. The summed E-state index contributed by atoms with van der Waals surface area (Å²) in [6, 6.07) is 0. The molecular weight excluding hydrogens is 126 g/mol. The van der Waals surface area contributed by atoms with Gasteiger partial charge in [-0.3, -0.25) is 0 Å². The predicted molar refractivity (Wildman–Crippen MR) is 29.8 cm³/mol. The van der Waals surface area contributed by atoms with E-state index in [1.54, 1.807) is 0 Å². The Bertz CT molecular complexity index is 24.1. The SMILES string of the molecule is C[CH2][Na].OP(O)O. The molecule has 3 N–H and O–H groups in total. The van der Waals surface area contributed by atoms with Gasteiger partial charge in [-0.1, -0.05) is 0 Å². The zero-order chi connectivity index (χ0) is 6.28. The largest absolute Gasteiger partial charge is 0.328 e. The molecule has 0 aromatic rings. The van der Waals surface area contributed by atoms with Crippen molar-refractivity contribution in [3.05, 3.63) is 0 Å². The molecule has 7 heavy (non-hydrogen) atoms. The van der Waals surface area contributed by atoms with Crippen LogP contribution in [0.3, 0.4) is 0 Å². The molecule has 0 aliphatic rings. The average Bonchev–Trinajstić information content (AvgIpc) is 1.33. The van der Waals surface area contributed by atoms with Gasteiger partial charge in [0.15, 0.2) is 0 Å². The maximum Gasteiger partial charge on any atom is 0.324 e. The second-order valence-corrected chi connectivity index (χ2v) is 2.93. The minimum Gasteiger partial charge on any atom is -0.328 e. The van der Waals surface area contributed by atoms with Crippen molar-refractivity contribution in [1.29, 1.82) is 0 Å².